The van der Waals surface area contributed by atoms with Gasteiger partial charge in [-0.15, -0.1) is 0 Å². The minimum Gasteiger partial charge on any atom is -0.396 e. The molecule has 1 aliphatic carbocycles. The van der Waals surface area contributed by atoms with Gasteiger partial charge in [0.1, 0.15) is 5.82 Å². The van der Waals surface area contributed by atoms with E-state index in [0.717, 1.165) is 6.61 Å². The smallest absolute Gasteiger partial charge is 0.252 e. The summed E-state index contributed by atoms with van der Waals surface area (Å²) in [5.74, 6) is -0.133. The van der Waals surface area contributed by atoms with E-state index in [4.69, 9.17) is 10.5 Å². The van der Waals surface area contributed by atoms with Crippen molar-refractivity contribution in [1.82, 2.24) is 5.32 Å². The number of nitrogens with one attached hydrogen (secondary N) is 1. The summed E-state index contributed by atoms with van der Waals surface area (Å²) in [7, 11) is 0. The second kappa shape index (κ2) is 6.34. The van der Waals surface area contributed by atoms with E-state index in [9.17, 15) is 9.18 Å². The monoisotopic (exact) mass is 330 g/mol. The molecule has 0 aromatic heterocycles. The predicted octanol–water partition coefficient (Wildman–Crippen LogP) is 2.33. The van der Waals surface area contributed by atoms with Crippen LogP contribution in [0.2, 0.25) is 0 Å². The van der Waals surface area contributed by atoms with E-state index in [1.165, 1.54) is 25.0 Å². The minimum absolute atomic E-state index is 0.0432. The molecule has 0 atom stereocenters. The average Bonchev–Trinajstić information content (AvgIpc) is 3.17. The van der Waals surface area contributed by atoms with E-state index >= 15 is 0 Å². The van der Waals surface area contributed by atoms with Crippen LogP contribution in [0.5, 0.6) is 0 Å². The molecule has 0 bridgehead atoms. The molecule has 4 nitrogen and oxygen atoms in total. The van der Waals surface area contributed by atoms with E-state index in [2.05, 4.69) is 21.2 Å². The number of carbonyl (C=O) groups excluding carboxylic acids is 1. The zero-order chi connectivity index (χ0) is 13.8. The first-order valence-corrected chi connectivity index (χ1v) is 6.97. The van der Waals surface area contributed by atoms with Crippen LogP contribution < -0.4 is 11.1 Å². The molecular weight excluding hydrogens is 315 g/mol. The van der Waals surface area contributed by atoms with Gasteiger partial charge >= 0.3 is 0 Å². The standard InChI is InChI=1S/C13H16BrFN2O2/c14-10-6-11(15)12(16)5-9(10)13(18)17-3-4-19-7-8-1-2-8/h5-6,8H,1-4,7,16H2,(H,17,18). The number of nitrogen functional groups attached to an aromatic ring is 1. The maximum atomic E-state index is 13.2. The molecule has 104 valence electrons. The summed E-state index contributed by atoms with van der Waals surface area (Å²) in [6.45, 7) is 1.68. The van der Waals surface area contributed by atoms with Crippen molar-refractivity contribution in [1.29, 1.82) is 0 Å². The van der Waals surface area contributed by atoms with Crippen LogP contribution in [0.25, 0.3) is 0 Å². The highest BCUT2D eigenvalue weighted by Crippen LogP contribution is 2.28. The first-order valence-electron chi connectivity index (χ1n) is 6.18. The molecule has 2 rings (SSSR count). The lowest BCUT2D eigenvalue weighted by Gasteiger charge is -2.08. The third kappa shape index (κ3) is 4.18. The highest BCUT2D eigenvalue weighted by atomic mass is 79.9. The number of nitrogens with two attached hydrogens (primary N) is 1. The molecule has 0 heterocycles. The van der Waals surface area contributed by atoms with Crippen molar-refractivity contribution in [3.05, 3.63) is 28.0 Å². The fourth-order valence-electron chi connectivity index (χ4n) is 1.61. The van der Waals surface area contributed by atoms with Crippen LogP contribution in [0.1, 0.15) is 23.2 Å². The zero-order valence-corrected chi connectivity index (χ0v) is 12.0. The summed E-state index contributed by atoms with van der Waals surface area (Å²) in [6, 6.07) is 2.51. The minimum atomic E-state index is -0.545. The summed E-state index contributed by atoms with van der Waals surface area (Å²) in [5.41, 5.74) is 5.72. The highest BCUT2D eigenvalue weighted by Gasteiger charge is 2.21. The number of ether oxygens (including phenoxy) is 1. The number of halogens is 2. The lowest BCUT2D eigenvalue weighted by atomic mass is 10.2. The van der Waals surface area contributed by atoms with Crippen molar-refractivity contribution in [2.24, 2.45) is 5.92 Å². The van der Waals surface area contributed by atoms with Crippen molar-refractivity contribution in [3.63, 3.8) is 0 Å². The van der Waals surface area contributed by atoms with Gasteiger partial charge in [0, 0.05) is 17.6 Å². The normalized spacial score (nSPS) is 14.4. The number of benzene rings is 1. The summed E-state index contributed by atoms with van der Waals surface area (Å²) in [6.07, 6.45) is 2.49. The van der Waals surface area contributed by atoms with Gasteiger partial charge in [-0.05, 0) is 46.8 Å². The summed E-state index contributed by atoms with van der Waals surface area (Å²) in [5, 5.41) is 2.71. The van der Waals surface area contributed by atoms with Gasteiger partial charge < -0.3 is 15.8 Å². The summed E-state index contributed by atoms with van der Waals surface area (Å²) in [4.78, 5) is 11.9. The van der Waals surface area contributed by atoms with Crippen LogP contribution in [-0.4, -0.2) is 25.7 Å². The predicted molar refractivity (Wildman–Crippen MR) is 74.4 cm³/mol. The second-order valence-electron chi connectivity index (χ2n) is 4.63. The number of amides is 1. The lowest BCUT2D eigenvalue weighted by molar-refractivity contribution is 0.0906. The Bertz CT molecular complexity index is 478. The van der Waals surface area contributed by atoms with Gasteiger partial charge in [0.15, 0.2) is 0 Å². The number of carbonyl (C=O) groups is 1. The SMILES string of the molecule is Nc1cc(C(=O)NCCOCC2CC2)c(Br)cc1F. The quantitative estimate of drug-likeness (QED) is 0.621. The van der Waals surface area contributed by atoms with E-state index in [-0.39, 0.29) is 11.6 Å². The molecule has 19 heavy (non-hydrogen) atoms. The topological polar surface area (TPSA) is 64.4 Å². The molecule has 1 aromatic rings. The van der Waals surface area contributed by atoms with Crippen molar-refractivity contribution in [3.8, 4) is 0 Å². The van der Waals surface area contributed by atoms with Crippen molar-refractivity contribution in [2.45, 2.75) is 12.8 Å². The van der Waals surface area contributed by atoms with Gasteiger partial charge in [0.2, 0.25) is 0 Å². The lowest BCUT2D eigenvalue weighted by Crippen LogP contribution is -2.28. The Balaban J connectivity index is 1.79. The van der Waals surface area contributed by atoms with Crippen molar-refractivity contribution in [2.75, 3.05) is 25.5 Å². The molecule has 3 N–H and O–H groups in total. The van der Waals surface area contributed by atoms with Gasteiger partial charge in [-0.1, -0.05) is 0 Å². The van der Waals surface area contributed by atoms with E-state index < -0.39 is 5.82 Å². The van der Waals surface area contributed by atoms with Crippen LogP contribution in [-0.2, 0) is 4.74 Å². The van der Waals surface area contributed by atoms with E-state index in [0.29, 0.717) is 29.1 Å². The fourth-order valence-corrected chi connectivity index (χ4v) is 2.10. The first kappa shape index (κ1) is 14.3. The number of anilines is 1. The molecule has 0 spiro atoms. The van der Waals surface area contributed by atoms with Crippen molar-refractivity contribution < 1.29 is 13.9 Å². The maximum Gasteiger partial charge on any atom is 0.252 e. The van der Waals surface area contributed by atoms with Gasteiger partial charge in [-0.25, -0.2) is 4.39 Å². The molecule has 0 radical (unpaired) electrons. The van der Waals surface area contributed by atoms with Crippen LogP contribution >= 0.6 is 15.9 Å². The fraction of sp³-hybridized carbons (Fsp3) is 0.462. The third-order valence-electron chi connectivity index (χ3n) is 2.91. The molecule has 0 saturated heterocycles. The summed E-state index contributed by atoms with van der Waals surface area (Å²) < 4.78 is 18.9. The molecule has 1 aromatic carbocycles. The first-order chi connectivity index (χ1) is 9.08. The largest absolute Gasteiger partial charge is 0.396 e. The Morgan fingerprint density at radius 2 is 2.26 bits per heavy atom. The third-order valence-corrected chi connectivity index (χ3v) is 3.57. The molecule has 1 fully saturated rings. The molecule has 1 saturated carbocycles. The van der Waals surface area contributed by atoms with Gasteiger partial charge in [-0.3, -0.25) is 4.79 Å². The molecule has 1 amide bonds. The number of rotatable bonds is 6. The van der Waals surface area contributed by atoms with Crippen LogP contribution in [0.4, 0.5) is 10.1 Å². The molecule has 0 unspecified atom stereocenters. The zero-order valence-electron chi connectivity index (χ0n) is 10.4. The van der Waals surface area contributed by atoms with Crippen molar-refractivity contribution >= 4 is 27.5 Å². The van der Waals surface area contributed by atoms with Gasteiger partial charge in [0.05, 0.1) is 17.9 Å². The number of hydrogen-bond acceptors (Lipinski definition) is 3. The maximum absolute atomic E-state index is 13.2. The molecule has 6 heteroatoms. The summed E-state index contributed by atoms with van der Waals surface area (Å²) >= 11 is 3.14. The Labute approximate surface area is 119 Å². The molecule has 1 aliphatic rings. The van der Waals surface area contributed by atoms with E-state index in [1.807, 2.05) is 0 Å². The Hall–Kier alpha value is -1.14. The van der Waals surface area contributed by atoms with Crippen LogP contribution in [0, 0.1) is 11.7 Å². The molecular formula is C13H16BrFN2O2. The van der Waals surface area contributed by atoms with E-state index in [1.54, 1.807) is 0 Å². The van der Waals surface area contributed by atoms with Gasteiger partial charge in [-0.2, -0.15) is 0 Å². The number of hydrogen-bond donors (Lipinski definition) is 2. The van der Waals surface area contributed by atoms with Gasteiger partial charge in [0.25, 0.3) is 5.91 Å². The van der Waals surface area contributed by atoms with Crippen LogP contribution in [0.3, 0.4) is 0 Å². The Kier molecular flexibility index (Phi) is 4.76. The highest BCUT2D eigenvalue weighted by molar-refractivity contribution is 9.10. The average molecular weight is 331 g/mol. The van der Waals surface area contributed by atoms with Crippen LogP contribution in [0.15, 0.2) is 16.6 Å². The second-order valence-corrected chi connectivity index (χ2v) is 5.48. The Morgan fingerprint density at radius 3 is 2.95 bits per heavy atom. The molecule has 0 aliphatic heterocycles. The Morgan fingerprint density at radius 1 is 1.53 bits per heavy atom.